The van der Waals surface area contributed by atoms with Gasteiger partial charge in [-0.15, -0.1) is 0 Å². The van der Waals surface area contributed by atoms with Crippen LogP contribution in [0.5, 0.6) is 0 Å². The van der Waals surface area contributed by atoms with Gasteiger partial charge in [-0.2, -0.15) is 0 Å². The van der Waals surface area contributed by atoms with Crippen molar-refractivity contribution in [1.29, 1.82) is 0 Å². The molecule has 32 atom stereocenters. The zero-order chi connectivity index (χ0) is 89.1. The van der Waals surface area contributed by atoms with E-state index in [2.05, 4.69) is 54.6 Å². The number of hydrogen-bond donors (Lipinski definition) is 4. The summed E-state index contributed by atoms with van der Waals surface area (Å²) in [5.41, 5.74) is -3.05. The lowest BCUT2D eigenvalue weighted by molar-refractivity contribution is -0.160. The van der Waals surface area contributed by atoms with Crippen LogP contribution >= 0.6 is 0 Å². The fraction of sp³-hybridized carbons (Fsp3) is 0.849. The monoisotopic (exact) mass is 1740 g/mol. The van der Waals surface area contributed by atoms with Gasteiger partial charge >= 0.3 is 0 Å². The summed E-state index contributed by atoms with van der Waals surface area (Å²) in [7, 11) is 0. The molecule has 0 spiro atoms. The molecule has 0 amide bonds. The number of rotatable bonds is 15. The Morgan fingerprint density at radius 3 is 0.880 bits per heavy atom. The first kappa shape index (κ1) is 99.2. The minimum Gasteiger partial charge on any atom is -0.390 e. The van der Waals surface area contributed by atoms with Crippen LogP contribution in [0.15, 0.2) is 74.9 Å². The summed E-state index contributed by atoms with van der Waals surface area (Å²) in [6.07, 6.45) is 58.0. The third-order valence-corrected chi connectivity index (χ3v) is 38.9. The maximum Gasteiger partial charge on any atom is 0.266 e. The highest BCUT2D eigenvalue weighted by molar-refractivity contribution is 5.84. The Kier molecular flexibility index (Phi) is 32.9. The molecule has 0 saturated heterocycles. The molecule has 4 N–H and O–H groups in total. The highest BCUT2D eigenvalue weighted by Gasteiger charge is 2.65. The number of halogens is 3. The van der Waals surface area contributed by atoms with Crippen LogP contribution in [0.1, 0.15) is 342 Å². The Bertz CT molecular complexity index is 3900. The van der Waals surface area contributed by atoms with Gasteiger partial charge in [0, 0.05) is 73.2 Å². The zero-order valence-electron chi connectivity index (χ0n) is 79.2. The van der Waals surface area contributed by atoms with Gasteiger partial charge in [0.15, 0.2) is 23.1 Å². The van der Waals surface area contributed by atoms with Crippen LogP contribution in [0.2, 0.25) is 0 Å². The maximum atomic E-state index is 13.4. The van der Waals surface area contributed by atoms with Crippen molar-refractivity contribution < 1.29 is 52.8 Å². The van der Waals surface area contributed by atoms with Gasteiger partial charge in [-0.05, 0) is 385 Å². The number of aliphatic hydroxyl groups is 4. The van der Waals surface area contributed by atoms with Crippen molar-refractivity contribution in [3.63, 3.8) is 0 Å². The van der Waals surface area contributed by atoms with Gasteiger partial charge < -0.3 is 38.7 Å². The summed E-state index contributed by atoms with van der Waals surface area (Å²) in [5.74, 6) is 16.0. The van der Waals surface area contributed by atoms with Gasteiger partial charge in [0.1, 0.15) is 12.3 Å². The van der Waals surface area contributed by atoms with Gasteiger partial charge in [-0.3, -0.25) is 19.2 Å². The molecule has 0 aliphatic heterocycles. The van der Waals surface area contributed by atoms with Crippen LogP contribution in [0.25, 0.3) is 0 Å². The molecule has 16 aliphatic rings. The standard InChI is InChI=1S/C25H38N2O2.C24H34F2N2O2.C24H35FN2O2.C24H36N2O2.4C2H6.CH4/c1-3-25(29)11-9-18-17(14-25)4-5-20-19(18)8-10-24(2)21(20)6-7-22(24)23(28)15-27-13-12-26-16-27;1-23-8-6-17-16-7-9-24(30,22(25)26)12-15(16)2-3-18(17)19(23)4-5-20(23)21(29)13-28-11-10-27-14-28;1-23-8-6-18-17-7-9-24(29,14-25)12-16(17)2-3-19(18)20(23)4-5-21(23)22(28)13-27-11-10-26-15-27;1-23(28)9-7-17-16(13-23)3-4-19-18(17)8-10-24(2)20(19)5-6-21(24)22(27)14-26-12-11-25-15-26;4*1-2;/h12-13,16-22,29H,3-11,14-15H2,1-2H3;10-11,14-20,22,30H,2-9,12-13H2,1H3;10-11,15-21,29H,2-9,12-14H2,1H3;11-12,15-21,28H,3-10,13-14H2,1-2H3;4*1-2H3;1H4/t17-,18-,19?,20?,21?,22+,24-,25+;15-,16-,17?,18?,19?,20+,23-,24+;16-,17-,18?,19?,20?,21+,23-,24+;16-,17-,18?,19?,20?,21+,23+,24-;;;;;/m0000...../s1. The van der Waals surface area contributed by atoms with E-state index >= 15 is 0 Å². The molecule has 12 unspecified atom stereocenters. The van der Waals surface area contributed by atoms with E-state index in [0.717, 1.165) is 187 Å². The SMILES string of the molecule is C.CC.CC.CC.CC.CC[C@@]1(O)CC[C@@H]2C3CC[C@@]4(C)C(CC[C@@H]4C(=O)Cn4ccnc4)C3CC[C@H]2C1.C[C@@]1(O)CC[C@@H]2C3CC[C@@]4(C)C(CC[C@@H]4C(=O)Cn4ccnc4)C3CC[C@H]2C1.C[C@]12CCC3C(CC[C@H]4C[C@@](O)(C(F)F)CC[C@H]34)C1CC[C@@H]2C(=O)Cn1ccnc1.C[C@]12CCC3C(CC[C@H]4C[C@@](O)(CF)CC[C@H]34)C1CC[C@@H]2C(=O)Cn1ccnc1. The highest BCUT2D eigenvalue weighted by Crippen LogP contribution is 2.70. The predicted molar refractivity (Wildman–Crippen MR) is 491 cm³/mol. The number of alkyl halides is 3. The van der Waals surface area contributed by atoms with E-state index in [0.29, 0.717) is 104 Å². The van der Waals surface area contributed by atoms with Crippen LogP contribution in [0.3, 0.4) is 0 Å². The molecule has 16 saturated carbocycles. The molecule has 125 heavy (non-hydrogen) atoms. The Balaban J connectivity index is 0.000000147. The second-order valence-electron chi connectivity index (χ2n) is 44.1. The first-order valence-corrected chi connectivity index (χ1v) is 51.2. The van der Waals surface area contributed by atoms with Crippen molar-refractivity contribution in [3.8, 4) is 0 Å². The summed E-state index contributed by atoms with van der Waals surface area (Å²) in [6, 6.07) is 0. The summed E-state index contributed by atoms with van der Waals surface area (Å²) in [6.45, 7) is 31.1. The smallest absolute Gasteiger partial charge is 0.266 e. The molecule has 704 valence electrons. The zero-order valence-corrected chi connectivity index (χ0v) is 79.2. The average Bonchev–Trinajstić information content (AvgIpc) is 1.65. The number of carbonyl (C=O) groups excluding carboxylic acids is 4. The van der Waals surface area contributed by atoms with Crippen LogP contribution in [-0.2, 0) is 45.4 Å². The lowest BCUT2D eigenvalue weighted by atomic mass is 9.48. The van der Waals surface area contributed by atoms with E-state index in [9.17, 15) is 52.8 Å². The van der Waals surface area contributed by atoms with E-state index in [1.807, 2.05) is 105 Å². The molecule has 16 nitrogen and oxygen atoms in total. The van der Waals surface area contributed by atoms with E-state index in [4.69, 9.17) is 0 Å². The first-order chi connectivity index (χ1) is 59.6. The summed E-state index contributed by atoms with van der Waals surface area (Å²) in [5, 5.41) is 42.3. The lowest BCUT2D eigenvalue weighted by Gasteiger charge is -2.57. The topological polar surface area (TPSA) is 220 Å². The summed E-state index contributed by atoms with van der Waals surface area (Å²) >= 11 is 0. The highest BCUT2D eigenvalue weighted by atomic mass is 19.3. The average molecular weight is 1740 g/mol. The number of carbonyl (C=O) groups is 4. The number of ketones is 4. The number of Topliss-reactive ketones (excluding diaryl/α,β-unsaturated/α-hetero) is 4. The van der Waals surface area contributed by atoms with E-state index in [1.54, 1.807) is 50.1 Å². The lowest BCUT2D eigenvalue weighted by Crippen LogP contribution is -2.53. The molecule has 0 radical (unpaired) electrons. The van der Waals surface area contributed by atoms with Crippen molar-refractivity contribution in [1.82, 2.24) is 38.2 Å². The number of imidazole rings is 4. The summed E-state index contributed by atoms with van der Waals surface area (Å²) in [4.78, 5) is 69.0. The van der Waals surface area contributed by atoms with Crippen molar-refractivity contribution in [2.24, 2.45) is 164 Å². The van der Waals surface area contributed by atoms with Crippen LogP contribution in [0, 0.1) is 164 Å². The van der Waals surface area contributed by atoms with Gasteiger partial charge in [-0.1, -0.05) is 97.4 Å². The van der Waals surface area contributed by atoms with Crippen molar-refractivity contribution >= 4 is 23.1 Å². The molecule has 0 aromatic carbocycles. The minimum atomic E-state index is -2.64. The number of aromatic nitrogens is 8. The molecular weight excluding hydrogens is 1570 g/mol. The molecule has 16 fully saturated rings. The normalized spacial score (nSPS) is 43.5. The second kappa shape index (κ2) is 41.5. The Hall–Kier alpha value is -4.85. The van der Waals surface area contributed by atoms with Crippen LogP contribution in [0.4, 0.5) is 13.2 Å². The third kappa shape index (κ3) is 19.8. The third-order valence-electron chi connectivity index (χ3n) is 38.9. The fourth-order valence-electron chi connectivity index (χ4n) is 33.4. The molecule has 0 bridgehead atoms. The van der Waals surface area contributed by atoms with Crippen molar-refractivity contribution in [2.45, 2.75) is 397 Å². The Morgan fingerprint density at radius 2 is 0.600 bits per heavy atom. The first-order valence-electron chi connectivity index (χ1n) is 51.2. The maximum absolute atomic E-state index is 13.4. The second-order valence-corrected chi connectivity index (χ2v) is 44.1. The molecule has 19 heteroatoms. The quantitative estimate of drug-likeness (QED) is 0.0873. The van der Waals surface area contributed by atoms with E-state index < -0.39 is 35.5 Å². The van der Waals surface area contributed by atoms with Gasteiger partial charge in [0.25, 0.3) is 6.43 Å². The van der Waals surface area contributed by atoms with Gasteiger partial charge in [-0.25, -0.2) is 33.1 Å². The van der Waals surface area contributed by atoms with Crippen molar-refractivity contribution in [2.75, 3.05) is 6.67 Å². The molecule has 20 rings (SSSR count). The van der Waals surface area contributed by atoms with Crippen LogP contribution in [-0.4, -0.2) is 117 Å². The van der Waals surface area contributed by atoms with Gasteiger partial charge in [0.2, 0.25) is 0 Å². The van der Waals surface area contributed by atoms with Crippen molar-refractivity contribution in [3.05, 3.63) is 74.9 Å². The number of nitrogens with zero attached hydrogens (tertiary/aromatic N) is 8. The van der Waals surface area contributed by atoms with E-state index in [-0.39, 0.29) is 71.5 Å². The van der Waals surface area contributed by atoms with Crippen LogP contribution < -0.4 is 0 Å². The minimum absolute atomic E-state index is 0. The Labute approximate surface area is 752 Å². The molecule has 4 aromatic heterocycles. The number of fused-ring (bicyclic) bond motifs is 20. The molecule has 4 aromatic rings. The largest absolute Gasteiger partial charge is 0.390 e. The fourth-order valence-corrected chi connectivity index (χ4v) is 33.4. The number of hydrogen-bond acceptors (Lipinski definition) is 12. The Morgan fingerprint density at radius 1 is 0.336 bits per heavy atom. The molecular formula is C106H171F3N8O8. The summed E-state index contributed by atoms with van der Waals surface area (Å²) < 4.78 is 47.8. The van der Waals surface area contributed by atoms with Gasteiger partial charge in [0.05, 0.1) is 68.3 Å². The predicted octanol–water partition coefficient (Wildman–Crippen LogP) is 23.2. The molecule has 16 aliphatic carbocycles. The van der Waals surface area contributed by atoms with E-state index in [1.165, 1.54) is 96.3 Å². The molecule has 4 heterocycles.